The number of hydrogen-bond donors (Lipinski definition) is 1. The molecule has 21 heavy (non-hydrogen) atoms. The standard InChI is InChI=1S/C17H22N2O2/c18-16-13-4-2-1-3-12(13)9-14(16)17(20)21-15-10-19-7-5-11(15)6-8-19/h1-4,11,14-16H,5-10,18H2/t14?,15-,16?/m0/s1. The first-order chi connectivity index (χ1) is 10.2. The molecule has 2 N–H and O–H groups in total. The highest BCUT2D eigenvalue weighted by Crippen LogP contribution is 2.36. The van der Waals surface area contributed by atoms with Gasteiger partial charge in [-0.25, -0.2) is 0 Å². The number of hydrogen-bond acceptors (Lipinski definition) is 4. The summed E-state index contributed by atoms with van der Waals surface area (Å²) in [5.41, 5.74) is 8.56. The summed E-state index contributed by atoms with van der Waals surface area (Å²) in [5, 5.41) is 0. The monoisotopic (exact) mass is 286 g/mol. The van der Waals surface area contributed by atoms with E-state index < -0.39 is 0 Å². The highest BCUT2D eigenvalue weighted by atomic mass is 16.5. The SMILES string of the molecule is NC1c2ccccc2CC1C(=O)O[C@H]1CN2CCC1CC2. The Morgan fingerprint density at radius 3 is 2.67 bits per heavy atom. The summed E-state index contributed by atoms with van der Waals surface area (Å²) in [6, 6.07) is 7.87. The first kappa shape index (κ1) is 13.3. The number of esters is 1. The third-order valence-corrected chi connectivity index (χ3v) is 5.45. The van der Waals surface area contributed by atoms with Gasteiger partial charge in [0.1, 0.15) is 6.10 Å². The Kier molecular flexibility index (Phi) is 3.23. The van der Waals surface area contributed by atoms with Crippen LogP contribution in [0.5, 0.6) is 0 Å². The lowest BCUT2D eigenvalue weighted by molar-refractivity contribution is -0.164. The maximum atomic E-state index is 12.5. The van der Waals surface area contributed by atoms with Crippen LogP contribution in [0.4, 0.5) is 0 Å². The zero-order valence-corrected chi connectivity index (χ0v) is 12.2. The number of ether oxygens (including phenoxy) is 1. The molecule has 3 atom stereocenters. The molecule has 4 heteroatoms. The smallest absolute Gasteiger partial charge is 0.311 e. The van der Waals surface area contributed by atoms with E-state index in [-0.39, 0.29) is 24.0 Å². The van der Waals surface area contributed by atoms with Crippen molar-refractivity contribution in [2.24, 2.45) is 17.6 Å². The van der Waals surface area contributed by atoms with E-state index in [9.17, 15) is 4.79 Å². The van der Waals surface area contributed by atoms with Crippen LogP contribution in [-0.4, -0.2) is 36.6 Å². The normalized spacial score (nSPS) is 37.3. The van der Waals surface area contributed by atoms with E-state index in [0.29, 0.717) is 5.92 Å². The number of carbonyl (C=O) groups is 1. The number of nitrogens with zero attached hydrogens (tertiary/aromatic N) is 1. The van der Waals surface area contributed by atoms with Gasteiger partial charge in [0.2, 0.25) is 0 Å². The van der Waals surface area contributed by atoms with Crippen molar-refractivity contribution in [2.45, 2.75) is 31.4 Å². The molecule has 112 valence electrons. The van der Waals surface area contributed by atoms with E-state index in [4.69, 9.17) is 10.5 Å². The van der Waals surface area contributed by atoms with Gasteiger partial charge >= 0.3 is 5.97 Å². The van der Waals surface area contributed by atoms with E-state index in [1.165, 1.54) is 5.56 Å². The largest absolute Gasteiger partial charge is 0.460 e. The van der Waals surface area contributed by atoms with Crippen LogP contribution >= 0.6 is 0 Å². The number of benzene rings is 1. The Hall–Kier alpha value is -1.39. The van der Waals surface area contributed by atoms with Gasteiger partial charge in [0.25, 0.3) is 0 Å². The molecule has 4 aliphatic rings. The quantitative estimate of drug-likeness (QED) is 0.837. The second-order valence-electron chi connectivity index (χ2n) is 6.65. The molecule has 3 aliphatic heterocycles. The van der Waals surface area contributed by atoms with Gasteiger partial charge in [-0.05, 0) is 49.4 Å². The number of fused-ring (bicyclic) bond motifs is 4. The fraction of sp³-hybridized carbons (Fsp3) is 0.588. The van der Waals surface area contributed by atoms with Crippen molar-refractivity contribution in [3.05, 3.63) is 35.4 Å². The lowest BCUT2D eigenvalue weighted by Gasteiger charge is -2.44. The molecule has 0 saturated carbocycles. The Bertz CT molecular complexity index is 551. The molecule has 5 rings (SSSR count). The summed E-state index contributed by atoms with van der Waals surface area (Å²) >= 11 is 0. The Morgan fingerprint density at radius 1 is 1.24 bits per heavy atom. The molecule has 1 aromatic rings. The summed E-state index contributed by atoms with van der Waals surface area (Å²) in [6.45, 7) is 3.23. The summed E-state index contributed by atoms with van der Waals surface area (Å²) in [4.78, 5) is 15.0. The Balaban J connectivity index is 1.45. The number of nitrogens with two attached hydrogens (primary N) is 1. The zero-order valence-electron chi connectivity index (χ0n) is 12.2. The fourth-order valence-electron chi connectivity index (χ4n) is 4.14. The van der Waals surface area contributed by atoms with Crippen LogP contribution in [0.25, 0.3) is 0 Å². The van der Waals surface area contributed by atoms with Gasteiger partial charge in [-0.1, -0.05) is 24.3 Å². The van der Waals surface area contributed by atoms with E-state index in [1.807, 2.05) is 18.2 Å². The summed E-state index contributed by atoms with van der Waals surface area (Å²) in [5.74, 6) is 0.245. The summed E-state index contributed by atoms with van der Waals surface area (Å²) < 4.78 is 5.85. The molecular weight excluding hydrogens is 264 g/mol. The van der Waals surface area contributed by atoms with Crippen molar-refractivity contribution in [3.8, 4) is 0 Å². The number of rotatable bonds is 2. The second kappa shape index (κ2) is 5.11. The lowest BCUT2D eigenvalue weighted by atomic mass is 9.85. The van der Waals surface area contributed by atoms with Gasteiger partial charge in [-0.2, -0.15) is 0 Å². The summed E-state index contributed by atoms with van der Waals surface area (Å²) in [6.07, 6.45) is 3.12. The molecule has 0 spiro atoms. The Labute approximate surface area is 125 Å². The van der Waals surface area contributed by atoms with Crippen LogP contribution < -0.4 is 5.73 Å². The fourth-order valence-corrected chi connectivity index (χ4v) is 4.14. The minimum atomic E-state index is -0.213. The molecule has 0 amide bonds. The molecule has 3 saturated heterocycles. The first-order valence-electron chi connectivity index (χ1n) is 7.98. The maximum absolute atomic E-state index is 12.5. The highest BCUT2D eigenvalue weighted by Gasteiger charge is 2.40. The van der Waals surface area contributed by atoms with Crippen LogP contribution in [0.3, 0.4) is 0 Å². The van der Waals surface area contributed by atoms with Gasteiger partial charge in [0.15, 0.2) is 0 Å². The molecule has 3 fully saturated rings. The van der Waals surface area contributed by atoms with Gasteiger partial charge < -0.3 is 10.5 Å². The van der Waals surface area contributed by atoms with Crippen molar-refractivity contribution < 1.29 is 9.53 Å². The van der Waals surface area contributed by atoms with Crippen molar-refractivity contribution in [1.82, 2.24) is 4.90 Å². The molecule has 1 aromatic carbocycles. The molecular formula is C17H22N2O2. The van der Waals surface area contributed by atoms with E-state index in [2.05, 4.69) is 11.0 Å². The topological polar surface area (TPSA) is 55.6 Å². The minimum Gasteiger partial charge on any atom is -0.460 e. The summed E-state index contributed by atoms with van der Waals surface area (Å²) in [7, 11) is 0. The van der Waals surface area contributed by atoms with Gasteiger partial charge in [-0.3, -0.25) is 9.69 Å². The number of carbonyl (C=O) groups excluding carboxylic acids is 1. The van der Waals surface area contributed by atoms with Crippen LogP contribution in [0, 0.1) is 11.8 Å². The molecule has 2 bridgehead atoms. The third kappa shape index (κ3) is 2.27. The zero-order chi connectivity index (χ0) is 14.4. The highest BCUT2D eigenvalue weighted by molar-refractivity contribution is 5.75. The van der Waals surface area contributed by atoms with E-state index in [0.717, 1.165) is 44.5 Å². The molecule has 4 nitrogen and oxygen atoms in total. The lowest BCUT2D eigenvalue weighted by Crippen LogP contribution is -2.52. The molecule has 2 unspecified atom stereocenters. The van der Waals surface area contributed by atoms with E-state index >= 15 is 0 Å². The second-order valence-corrected chi connectivity index (χ2v) is 6.65. The predicted octanol–water partition coefficient (Wildman–Crippen LogP) is 1.50. The third-order valence-electron chi connectivity index (χ3n) is 5.45. The average Bonchev–Trinajstić information content (AvgIpc) is 2.86. The molecule has 0 aromatic heterocycles. The van der Waals surface area contributed by atoms with Crippen LogP contribution in [0.1, 0.15) is 30.0 Å². The van der Waals surface area contributed by atoms with Crippen molar-refractivity contribution in [1.29, 1.82) is 0 Å². The van der Waals surface area contributed by atoms with Gasteiger partial charge in [-0.15, -0.1) is 0 Å². The van der Waals surface area contributed by atoms with Crippen molar-refractivity contribution in [3.63, 3.8) is 0 Å². The Morgan fingerprint density at radius 2 is 2.00 bits per heavy atom. The first-order valence-corrected chi connectivity index (χ1v) is 7.98. The number of piperidine rings is 3. The average molecular weight is 286 g/mol. The molecule has 0 radical (unpaired) electrons. The van der Waals surface area contributed by atoms with Crippen LogP contribution in [-0.2, 0) is 16.0 Å². The maximum Gasteiger partial charge on any atom is 0.311 e. The molecule has 1 aliphatic carbocycles. The van der Waals surface area contributed by atoms with Gasteiger partial charge in [0, 0.05) is 12.6 Å². The van der Waals surface area contributed by atoms with Crippen molar-refractivity contribution >= 4 is 5.97 Å². The minimum absolute atomic E-state index is 0.0795. The van der Waals surface area contributed by atoms with Crippen LogP contribution in [0.2, 0.25) is 0 Å². The molecule has 3 heterocycles. The predicted molar refractivity (Wildman–Crippen MR) is 79.6 cm³/mol. The van der Waals surface area contributed by atoms with Crippen LogP contribution in [0.15, 0.2) is 24.3 Å². The van der Waals surface area contributed by atoms with E-state index in [1.54, 1.807) is 0 Å². The van der Waals surface area contributed by atoms with Gasteiger partial charge in [0.05, 0.1) is 5.92 Å². The van der Waals surface area contributed by atoms with Crippen molar-refractivity contribution in [2.75, 3.05) is 19.6 Å².